The summed E-state index contributed by atoms with van der Waals surface area (Å²) in [6.45, 7) is 4.67. The second-order valence-electron chi connectivity index (χ2n) is 15.5. The van der Waals surface area contributed by atoms with Gasteiger partial charge in [0.15, 0.2) is 5.84 Å². The van der Waals surface area contributed by atoms with Crippen molar-refractivity contribution in [3.63, 3.8) is 0 Å². The molecule has 288 valence electrons. The average Bonchev–Trinajstić information content (AvgIpc) is 3.61. The van der Waals surface area contributed by atoms with E-state index in [0.717, 1.165) is 56.0 Å². The average molecular weight is 773 g/mol. The predicted molar refractivity (Wildman–Crippen MR) is 251 cm³/mol. The molecule has 0 saturated heterocycles. The molecule has 0 aromatic heterocycles. The Hall–Kier alpha value is -7.56. The molecule has 10 rings (SSSR count). The summed E-state index contributed by atoms with van der Waals surface area (Å²) in [5, 5.41) is 0. The Balaban J connectivity index is 1.20. The summed E-state index contributed by atoms with van der Waals surface area (Å²) >= 11 is 0. The van der Waals surface area contributed by atoms with Crippen LogP contribution >= 0.6 is 0 Å². The number of fused-ring (bicyclic) bond motifs is 9. The summed E-state index contributed by atoms with van der Waals surface area (Å²) in [7, 11) is 0. The molecule has 0 saturated carbocycles. The molecule has 1 aliphatic carbocycles. The van der Waals surface area contributed by atoms with E-state index >= 15 is 0 Å². The molecule has 0 amide bonds. The van der Waals surface area contributed by atoms with Crippen LogP contribution in [-0.4, -0.2) is 11.7 Å². The Morgan fingerprint density at radius 1 is 0.567 bits per heavy atom. The standard InChI is InChI=1S/C56H44N4/c1-3-38(2)40-32-30-39(31-33-40)37-58-55(42-20-9-5-10-21-42)59-54(57)45-24-17-27-50-53(45)46-36-43(41-18-7-4-8-19-41)34-35-47(46)56(50)48-25-13-15-28-51(48)60(44-22-11-6-12-23-44)52-29-16-14-26-49(52)56/h3-36H,37H2,1-2H3,(H2,57,58,59)/b38-3+. The SMILES string of the molecule is C/C=C(\C)c1ccc(CN=C(N=C(N)c2cccc3c2-c2cc(-c4ccccc4)ccc2C32c3ccccc3N(c3ccccc3)c3ccccc32)c2ccccc2)cc1. The summed E-state index contributed by atoms with van der Waals surface area (Å²) in [5.74, 6) is 1.02. The minimum atomic E-state index is -0.636. The van der Waals surface area contributed by atoms with Crippen LogP contribution in [0.2, 0.25) is 0 Å². The lowest BCUT2D eigenvalue weighted by molar-refractivity contribution is 0.752. The highest BCUT2D eigenvalue weighted by Crippen LogP contribution is 2.64. The fraction of sp³-hybridized carbons (Fsp3) is 0.0714. The Kier molecular flexibility index (Phi) is 9.38. The minimum absolute atomic E-state index is 0.421. The lowest BCUT2D eigenvalue weighted by Gasteiger charge is -2.45. The van der Waals surface area contributed by atoms with E-state index < -0.39 is 5.41 Å². The van der Waals surface area contributed by atoms with E-state index in [0.29, 0.717) is 18.2 Å². The monoisotopic (exact) mass is 772 g/mol. The molecule has 0 radical (unpaired) electrons. The number of nitrogens with two attached hydrogens (primary N) is 1. The molecule has 1 spiro atoms. The normalized spacial score (nSPS) is 14.0. The van der Waals surface area contributed by atoms with Crippen molar-refractivity contribution in [2.24, 2.45) is 15.7 Å². The van der Waals surface area contributed by atoms with Gasteiger partial charge >= 0.3 is 0 Å². The Morgan fingerprint density at radius 2 is 1.17 bits per heavy atom. The first-order valence-corrected chi connectivity index (χ1v) is 20.6. The van der Waals surface area contributed by atoms with Crippen molar-refractivity contribution in [2.75, 3.05) is 4.90 Å². The maximum Gasteiger partial charge on any atom is 0.157 e. The molecule has 1 aliphatic heterocycles. The number of anilines is 3. The Labute approximate surface area is 352 Å². The number of hydrogen-bond acceptors (Lipinski definition) is 2. The van der Waals surface area contributed by atoms with Crippen LogP contribution in [0.25, 0.3) is 27.8 Å². The highest BCUT2D eigenvalue weighted by molar-refractivity contribution is 6.15. The van der Waals surface area contributed by atoms with Gasteiger partial charge in [0.05, 0.1) is 23.3 Å². The highest BCUT2D eigenvalue weighted by atomic mass is 15.2. The van der Waals surface area contributed by atoms with Gasteiger partial charge < -0.3 is 10.6 Å². The number of benzene rings is 8. The molecule has 4 nitrogen and oxygen atoms in total. The van der Waals surface area contributed by atoms with Gasteiger partial charge in [0.2, 0.25) is 0 Å². The molecular formula is C56H44N4. The number of allylic oxidation sites excluding steroid dienone is 2. The van der Waals surface area contributed by atoms with Crippen molar-refractivity contribution >= 4 is 34.3 Å². The number of para-hydroxylation sites is 3. The summed E-state index contributed by atoms with van der Waals surface area (Å²) in [4.78, 5) is 12.8. The van der Waals surface area contributed by atoms with Crippen LogP contribution in [0.15, 0.2) is 216 Å². The third-order valence-electron chi connectivity index (χ3n) is 12.2. The van der Waals surface area contributed by atoms with Gasteiger partial charge in [0.25, 0.3) is 0 Å². The van der Waals surface area contributed by atoms with Crippen molar-refractivity contribution < 1.29 is 0 Å². The third kappa shape index (κ3) is 6.08. The zero-order valence-corrected chi connectivity index (χ0v) is 33.8. The molecule has 1 heterocycles. The predicted octanol–water partition coefficient (Wildman–Crippen LogP) is 13.3. The quantitative estimate of drug-likeness (QED) is 0.130. The largest absolute Gasteiger partial charge is 0.383 e. The third-order valence-corrected chi connectivity index (χ3v) is 12.2. The van der Waals surface area contributed by atoms with Gasteiger partial charge in [-0.05, 0) is 105 Å². The molecule has 0 fully saturated rings. The van der Waals surface area contributed by atoms with E-state index in [9.17, 15) is 0 Å². The number of amidine groups is 2. The number of nitrogens with zero attached hydrogens (tertiary/aromatic N) is 3. The maximum atomic E-state index is 7.31. The topological polar surface area (TPSA) is 54.0 Å². The van der Waals surface area contributed by atoms with Crippen LogP contribution in [0.1, 0.15) is 58.4 Å². The fourth-order valence-electron chi connectivity index (χ4n) is 9.24. The van der Waals surface area contributed by atoms with E-state index in [2.05, 4.69) is 195 Å². The molecule has 0 unspecified atom stereocenters. The summed E-state index contributed by atoms with van der Waals surface area (Å²) in [6, 6.07) is 71.4. The molecule has 2 aliphatic rings. The van der Waals surface area contributed by atoms with Crippen LogP contribution in [0.4, 0.5) is 17.1 Å². The van der Waals surface area contributed by atoms with Crippen molar-refractivity contribution in [1.29, 1.82) is 0 Å². The lowest BCUT2D eigenvalue weighted by atomic mass is 9.64. The zero-order valence-electron chi connectivity index (χ0n) is 33.8. The number of rotatable bonds is 7. The van der Waals surface area contributed by atoms with Crippen LogP contribution in [0.5, 0.6) is 0 Å². The first kappa shape index (κ1) is 36.8. The Morgan fingerprint density at radius 3 is 1.83 bits per heavy atom. The van der Waals surface area contributed by atoms with E-state index in [-0.39, 0.29) is 0 Å². The van der Waals surface area contributed by atoms with Crippen LogP contribution in [-0.2, 0) is 12.0 Å². The smallest absolute Gasteiger partial charge is 0.157 e. The molecule has 60 heavy (non-hydrogen) atoms. The fourth-order valence-corrected chi connectivity index (χ4v) is 9.24. The van der Waals surface area contributed by atoms with Gasteiger partial charge in [-0.3, -0.25) is 4.99 Å². The second kappa shape index (κ2) is 15.3. The lowest BCUT2D eigenvalue weighted by Crippen LogP contribution is -2.36. The van der Waals surface area contributed by atoms with Gasteiger partial charge in [0, 0.05) is 16.8 Å². The zero-order chi connectivity index (χ0) is 40.6. The van der Waals surface area contributed by atoms with Gasteiger partial charge in [-0.15, -0.1) is 0 Å². The van der Waals surface area contributed by atoms with Crippen molar-refractivity contribution in [3.8, 4) is 22.3 Å². The second-order valence-corrected chi connectivity index (χ2v) is 15.5. The summed E-state index contributed by atoms with van der Waals surface area (Å²) < 4.78 is 0. The molecule has 8 aromatic carbocycles. The van der Waals surface area contributed by atoms with Crippen molar-refractivity contribution in [1.82, 2.24) is 0 Å². The first-order chi connectivity index (χ1) is 29.6. The summed E-state index contributed by atoms with van der Waals surface area (Å²) in [5.41, 5.74) is 24.8. The number of aliphatic imine (C=N–C) groups is 2. The maximum absolute atomic E-state index is 7.31. The van der Waals surface area contributed by atoms with Crippen LogP contribution in [0, 0.1) is 0 Å². The first-order valence-electron chi connectivity index (χ1n) is 20.6. The van der Waals surface area contributed by atoms with Gasteiger partial charge in [0.1, 0.15) is 5.84 Å². The van der Waals surface area contributed by atoms with E-state index in [1.165, 1.54) is 33.4 Å². The molecule has 4 heteroatoms. The van der Waals surface area contributed by atoms with Gasteiger partial charge in [-0.2, -0.15) is 0 Å². The van der Waals surface area contributed by atoms with Crippen LogP contribution < -0.4 is 10.6 Å². The van der Waals surface area contributed by atoms with E-state index in [1.807, 2.05) is 30.3 Å². The molecular weight excluding hydrogens is 729 g/mol. The highest BCUT2D eigenvalue weighted by Gasteiger charge is 2.52. The number of hydrogen-bond donors (Lipinski definition) is 1. The van der Waals surface area contributed by atoms with Crippen molar-refractivity contribution in [3.05, 3.63) is 251 Å². The molecule has 8 aromatic rings. The Bertz CT molecular complexity index is 2920. The van der Waals surface area contributed by atoms with Gasteiger partial charge in [-0.25, -0.2) is 4.99 Å². The van der Waals surface area contributed by atoms with Gasteiger partial charge in [-0.1, -0.05) is 176 Å². The van der Waals surface area contributed by atoms with E-state index in [1.54, 1.807) is 0 Å². The summed E-state index contributed by atoms with van der Waals surface area (Å²) in [6.07, 6.45) is 2.13. The minimum Gasteiger partial charge on any atom is -0.383 e. The van der Waals surface area contributed by atoms with E-state index in [4.69, 9.17) is 15.7 Å². The molecule has 2 N–H and O–H groups in total. The van der Waals surface area contributed by atoms with Crippen molar-refractivity contribution in [2.45, 2.75) is 25.8 Å². The molecule has 0 atom stereocenters. The molecule has 0 bridgehead atoms. The van der Waals surface area contributed by atoms with Crippen LogP contribution in [0.3, 0.4) is 0 Å².